The van der Waals surface area contributed by atoms with Crippen molar-refractivity contribution >= 4 is 0 Å². The van der Waals surface area contributed by atoms with Gasteiger partial charge in [-0.2, -0.15) is 0 Å². The van der Waals surface area contributed by atoms with Gasteiger partial charge in [-0.1, -0.05) is 26.3 Å². The van der Waals surface area contributed by atoms with Gasteiger partial charge in [-0.3, -0.25) is 0 Å². The molecule has 0 aromatic heterocycles. The molecule has 0 aliphatic rings. The molecule has 0 spiro atoms. The molecule has 0 bridgehead atoms. The fourth-order valence-electron chi connectivity index (χ4n) is 1.63. The van der Waals surface area contributed by atoms with E-state index in [0.717, 1.165) is 24.5 Å². The average molecular weight is 213 g/mol. The van der Waals surface area contributed by atoms with E-state index in [1.54, 1.807) is 6.07 Å². The molecule has 1 aromatic rings. The number of hydrogen-bond acceptors (Lipinski definition) is 1. The summed E-state index contributed by atoms with van der Waals surface area (Å²) in [4.78, 5) is 0. The highest BCUT2D eigenvalue weighted by Gasteiger charge is 2.15. The molecule has 0 saturated carbocycles. The lowest BCUT2D eigenvalue weighted by Gasteiger charge is -2.19. The van der Waals surface area contributed by atoms with Gasteiger partial charge < -0.3 is 5.73 Å². The van der Waals surface area contributed by atoms with Crippen molar-refractivity contribution in [1.82, 2.24) is 0 Å². The average Bonchev–Trinajstić information content (AvgIpc) is 2.21. The summed E-state index contributed by atoms with van der Waals surface area (Å²) in [6.45, 7) is 3.99. The van der Waals surface area contributed by atoms with Crippen LogP contribution >= 0.6 is 0 Å². The predicted octanol–water partition coefficient (Wildman–Crippen LogP) is 3.20. The van der Waals surface area contributed by atoms with Crippen molar-refractivity contribution in [2.75, 3.05) is 0 Å². The molecule has 0 aliphatic heterocycles. The van der Waals surface area contributed by atoms with Gasteiger partial charge >= 0.3 is 0 Å². The minimum atomic E-state index is -0.810. The first-order chi connectivity index (χ1) is 7.06. The molecule has 0 fully saturated rings. The molecule has 15 heavy (non-hydrogen) atoms. The highest BCUT2D eigenvalue weighted by molar-refractivity contribution is 5.22. The first-order valence-corrected chi connectivity index (χ1v) is 5.26. The molecule has 84 valence electrons. The second-order valence-electron chi connectivity index (χ2n) is 3.91. The number of rotatable bonds is 4. The van der Waals surface area contributed by atoms with E-state index >= 15 is 0 Å². The topological polar surface area (TPSA) is 26.0 Å². The Bertz CT molecular complexity index is 325. The van der Waals surface area contributed by atoms with Crippen molar-refractivity contribution < 1.29 is 8.78 Å². The summed E-state index contributed by atoms with van der Waals surface area (Å²) in [5.41, 5.74) is 6.69. The smallest absolute Gasteiger partial charge is 0.159 e. The molecule has 2 atom stereocenters. The molecule has 1 nitrogen and oxygen atoms in total. The minimum Gasteiger partial charge on any atom is -0.327 e. The zero-order valence-electron chi connectivity index (χ0n) is 9.13. The zero-order chi connectivity index (χ0) is 11.4. The molecule has 0 saturated heterocycles. The zero-order valence-corrected chi connectivity index (χ0v) is 9.13. The van der Waals surface area contributed by atoms with E-state index in [9.17, 15) is 8.78 Å². The van der Waals surface area contributed by atoms with Gasteiger partial charge in [-0.15, -0.1) is 0 Å². The Kier molecular flexibility index (Phi) is 4.21. The summed E-state index contributed by atoms with van der Waals surface area (Å²) >= 11 is 0. The second kappa shape index (κ2) is 5.21. The third-order valence-corrected chi connectivity index (χ3v) is 2.73. The highest BCUT2D eigenvalue weighted by Crippen LogP contribution is 2.22. The summed E-state index contributed by atoms with van der Waals surface area (Å²) in [5, 5.41) is 0. The first kappa shape index (κ1) is 12.1. The van der Waals surface area contributed by atoms with Gasteiger partial charge in [0.1, 0.15) is 0 Å². The molecule has 2 N–H and O–H groups in total. The van der Waals surface area contributed by atoms with Crippen LogP contribution in [0.15, 0.2) is 18.2 Å². The van der Waals surface area contributed by atoms with Crippen LogP contribution in [-0.4, -0.2) is 6.04 Å². The number of benzene rings is 1. The lowest BCUT2D eigenvalue weighted by molar-refractivity contribution is 0.493. The lowest BCUT2D eigenvalue weighted by Crippen LogP contribution is -2.26. The predicted molar refractivity (Wildman–Crippen MR) is 57.7 cm³/mol. The molecule has 2 unspecified atom stereocenters. The van der Waals surface area contributed by atoms with E-state index in [4.69, 9.17) is 5.73 Å². The Morgan fingerprint density at radius 3 is 2.47 bits per heavy atom. The SMILES string of the molecule is CCCC(N)C(C)c1ccc(F)c(F)c1. The van der Waals surface area contributed by atoms with Gasteiger partial charge in [0.25, 0.3) is 0 Å². The molecule has 0 amide bonds. The maximum Gasteiger partial charge on any atom is 0.159 e. The normalized spacial score (nSPS) is 15.0. The van der Waals surface area contributed by atoms with Gasteiger partial charge in [0.15, 0.2) is 11.6 Å². The van der Waals surface area contributed by atoms with Crippen molar-refractivity contribution in [1.29, 1.82) is 0 Å². The van der Waals surface area contributed by atoms with Gasteiger partial charge in [0.05, 0.1) is 0 Å². The first-order valence-electron chi connectivity index (χ1n) is 5.26. The molecule has 3 heteroatoms. The number of nitrogens with two attached hydrogens (primary N) is 1. The van der Waals surface area contributed by atoms with Crippen LogP contribution in [0.3, 0.4) is 0 Å². The van der Waals surface area contributed by atoms with Crippen LogP contribution < -0.4 is 5.73 Å². The van der Waals surface area contributed by atoms with Crippen LogP contribution in [0.4, 0.5) is 8.78 Å². The van der Waals surface area contributed by atoms with Crippen LogP contribution in [0.25, 0.3) is 0 Å². The van der Waals surface area contributed by atoms with Crippen molar-refractivity contribution in [2.24, 2.45) is 5.73 Å². The van der Waals surface area contributed by atoms with Crippen molar-refractivity contribution in [3.05, 3.63) is 35.4 Å². The lowest BCUT2D eigenvalue weighted by atomic mass is 9.91. The standard InChI is InChI=1S/C12H17F2N/c1-3-4-12(15)8(2)9-5-6-10(13)11(14)7-9/h5-8,12H,3-4,15H2,1-2H3. The summed E-state index contributed by atoms with van der Waals surface area (Å²) in [7, 11) is 0. The van der Waals surface area contributed by atoms with Crippen molar-refractivity contribution in [3.8, 4) is 0 Å². The Labute approximate surface area is 89.3 Å². The summed E-state index contributed by atoms with van der Waals surface area (Å²) < 4.78 is 25.7. The van der Waals surface area contributed by atoms with Crippen LogP contribution in [0, 0.1) is 11.6 Å². The monoisotopic (exact) mass is 213 g/mol. The van der Waals surface area contributed by atoms with E-state index in [0.29, 0.717) is 0 Å². The largest absolute Gasteiger partial charge is 0.327 e. The number of hydrogen-bond donors (Lipinski definition) is 1. The Hall–Kier alpha value is -0.960. The van der Waals surface area contributed by atoms with Crippen molar-refractivity contribution in [3.63, 3.8) is 0 Å². The maximum atomic E-state index is 13.0. The van der Waals surface area contributed by atoms with Crippen LogP contribution in [0.1, 0.15) is 38.2 Å². The third kappa shape index (κ3) is 2.99. The summed E-state index contributed by atoms with van der Waals surface area (Å²) in [6.07, 6.45) is 1.88. The van der Waals surface area contributed by atoms with E-state index < -0.39 is 11.6 Å². The molecule has 0 heterocycles. The molecule has 1 rings (SSSR count). The molecule has 0 aliphatic carbocycles. The third-order valence-electron chi connectivity index (χ3n) is 2.73. The van der Waals surface area contributed by atoms with Gasteiger partial charge in [-0.25, -0.2) is 8.78 Å². The van der Waals surface area contributed by atoms with E-state index in [2.05, 4.69) is 6.92 Å². The minimum absolute atomic E-state index is 0.000128. The van der Waals surface area contributed by atoms with Crippen LogP contribution in [-0.2, 0) is 0 Å². The van der Waals surface area contributed by atoms with Crippen LogP contribution in [0.2, 0.25) is 0 Å². The van der Waals surface area contributed by atoms with Gasteiger partial charge in [0.2, 0.25) is 0 Å². The van der Waals surface area contributed by atoms with Gasteiger partial charge in [-0.05, 0) is 30.0 Å². The Morgan fingerprint density at radius 2 is 1.93 bits per heavy atom. The summed E-state index contributed by atoms with van der Waals surface area (Å²) in [5.74, 6) is -1.56. The fraction of sp³-hybridized carbons (Fsp3) is 0.500. The molecule has 1 aromatic carbocycles. The number of halogens is 2. The Balaban J connectivity index is 2.81. The van der Waals surface area contributed by atoms with Crippen molar-refractivity contribution in [2.45, 2.75) is 38.6 Å². The summed E-state index contributed by atoms with van der Waals surface area (Å²) in [6, 6.07) is 3.98. The quantitative estimate of drug-likeness (QED) is 0.816. The van der Waals surface area contributed by atoms with Crippen LogP contribution in [0.5, 0.6) is 0 Å². The Morgan fingerprint density at radius 1 is 1.27 bits per heavy atom. The molecular formula is C12H17F2N. The molecular weight excluding hydrogens is 196 g/mol. The second-order valence-corrected chi connectivity index (χ2v) is 3.91. The van der Waals surface area contributed by atoms with E-state index in [1.165, 1.54) is 6.07 Å². The van der Waals surface area contributed by atoms with E-state index in [-0.39, 0.29) is 12.0 Å². The molecule has 0 radical (unpaired) electrons. The van der Waals surface area contributed by atoms with E-state index in [1.807, 2.05) is 6.92 Å². The maximum absolute atomic E-state index is 13.0. The highest BCUT2D eigenvalue weighted by atomic mass is 19.2. The fourth-order valence-corrected chi connectivity index (χ4v) is 1.63. The van der Waals surface area contributed by atoms with Gasteiger partial charge in [0, 0.05) is 6.04 Å².